The van der Waals surface area contributed by atoms with Gasteiger partial charge in [0.2, 0.25) is 0 Å². The van der Waals surface area contributed by atoms with Gasteiger partial charge >= 0.3 is 5.69 Å². The molecule has 0 saturated carbocycles. The summed E-state index contributed by atoms with van der Waals surface area (Å²) in [5.41, 5.74) is 1.21. The van der Waals surface area contributed by atoms with Crippen molar-refractivity contribution in [2.45, 2.75) is 38.6 Å². The van der Waals surface area contributed by atoms with Crippen LogP contribution in [-0.4, -0.2) is 14.9 Å². The van der Waals surface area contributed by atoms with E-state index in [0.717, 1.165) is 0 Å². The minimum atomic E-state index is -2.05. The molecule has 2 atom stereocenters. The first-order valence-electron chi connectivity index (χ1n) is 6.58. The predicted molar refractivity (Wildman–Crippen MR) is 66.0 cm³/mol. The third kappa shape index (κ3) is 2.13. The number of nitrogen functional groups attached to an aromatic ring is 1. The molecule has 0 amide bonds. The fourth-order valence-corrected chi connectivity index (χ4v) is 1.89. The van der Waals surface area contributed by atoms with Crippen LogP contribution >= 0.6 is 0 Å². The molecule has 1 aromatic rings. The second-order valence-corrected chi connectivity index (χ2v) is 3.72. The molecule has 1 rings (SSSR count). The van der Waals surface area contributed by atoms with Crippen LogP contribution < -0.4 is 17.0 Å². The molecule has 0 radical (unpaired) electrons. The van der Waals surface area contributed by atoms with E-state index in [9.17, 15) is 19.7 Å². The standard InChI is InChI=1S/C10H16N4O4/c1-3-5-10(4-2,14(17)18)6-7(11)12-9(16)13-8(6)15/h3-5H2,1-2H3,(H4,11,12,13,15,16)/i1D,5D. The van der Waals surface area contributed by atoms with Gasteiger partial charge < -0.3 is 5.73 Å². The molecule has 0 aromatic carbocycles. The number of nitrogens with zero attached hydrogens (tertiary/aromatic N) is 1. The molecule has 2 unspecified atom stereocenters. The number of anilines is 1. The second kappa shape index (κ2) is 5.03. The lowest BCUT2D eigenvalue weighted by Crippen LogP contribution is -2.43. The zero-order chi connectivity index (χ0) is 15.5. The highest BCUT2D eigenvalue weighted by atomic mass is 16.6. The molecule has 4 N–H and O–H groups in total. The quantitative estimate of drug-likeness (QED) is 0.516. The lowest BCUT2D eigenvalue weighted by Gasteiger charge is -2.23. The Kier molecular flexibility index (Phi) is 3.07. The molecular formula is C10H16N4O4. The monoisotopic (exact) mass is 258 g/mol. The Morgan fingerprint density at radius 3 is 2.67 bits per heavy atom. The largest absolute Gasteiger partial charge is 0.385 e. The molecule has 100 valence electrons. The Morgan fingerprint density at radius 2 is 2.22 bits per heavy atom. The maximum atomic E-state index is 11.9. The molecular weight excluding hydrogens is 240 g/mol. The lowest BCUT2D eigenvalue weighted by molar-refractivity contribution is -0.581. The molecule has 0 saturated heterocycles. The molecule has 0 bridgehead atoms. The number of nitro groups is 1. The van der Waals surface area contributed by atoms with Gasteiger partial charge in [0.1, 0.15) is 11.4 Å². The number of aromatic nitrogens is 2. The average Bonchev–Trinajstić information content (AvgIpc) is 2.33. The molecule has 0 aliphatic heterocycles. The maximum absolute atomic E-state index is 11.9. The molecule has 8 nitrogen and oxygen atoms in total. The topological polar surface area (TPSA) is 135 Å². The van der Waals surface area contributed by atoms with Crippen molar-refractivity contribution in [2.24, 2.45) is 0 Å². The van der Waals surface area contributed by atoms with Crippen molar-refractivity contribution >= 4 is 5.82 Å². The number of nitrogens with one attached hydrogen (secondary N) is 2. The first-order valence-corrected chi connectivity index (χ1v) is 5.29. The zero-order valence-electron chi connectivity index (χ0n) is 11.9. The molecule has 0 fully saturated rings. The van der Waals surface area contributed by atoms with Gasteiger partial charge in [0.05, 0.1) is 0 Å². The van der Waals surface area contributed by atoms with Crippen molar-refractivity contribution in [3.63, 3.8) is 0 Å². The summed E-state index contributed by atoms with van der Waals surface area (Å²) < 4.78 is 15.0. The summed E-state index contributed by atoms with van der Waals surface area (Å²) in [5, 5.41) is 11.5. The number of aromatic amines is 2. The van der Waals surface area contributed by atoms with Crippen LogP contribution in [0.4, 0.5) is 5.82 Å². The Morgan fingerprint density at radius 1 is 1.56 bits per heavy atom. The van der Waals surface area contributed by atoms with E-state index in [0.29, 0.717) is 0 Å². The van der Waals surface area contributed by atoms with E-state index in [-0.39, 0.29) is 19.7 Å². The van der Waals surface area contributed by atoms with Crippen LogP contribution in [0.25, 0.3) is 0 Å². The third-order valence-electron chi connectivity index (χ3n) is 2.75. The van der Waals surface area contributed by atoms with E-state index in [4.69, 9.17) is 8.48 Å². The van der Waals surface area contributed by atoms with Gasteiger partial charge in [-0.05, 0) is 6.42 Å². The number of nitrogens with two attached hydrogens (primary N) is 1. The van der Waals surface area contributed by atoms with Crippen molar-refractivity contribution in [3.05, 3.63) is 36.5 Å². The second-order valence-electron chi connectivity index (χ2n) is 3.72. The Bertz CT molecular complexity index is 614. The van der Waals surface area contributed by atoms with E-state index in [1.807, 2.05) is 4.98 Å². The van der Waals surface area contributed by atoms with Crippen LogP contribution in [0.5, 0.6) is 0 Å². The number of hydrogen-bond donors (Lipinski definition) is 3. The normalized spacial score (nSPS) is 17.4. The SMILES string of the molecule is [2H]CCC([2H])C(CC)(c1c(N)[nH]c(=O)[nH]c1=O)[N+](=O)[O-]. The Hall–Kier alpha value is -2.12. The molecule has 0 spiro atoms. The van der Waals surface area contributed by atoms with Crippen molar-refractivity contribution in [3.8, 4) is 0 Å². The predicted octanol–water partition coefficient (Wildman–Crippen LogP) is 0.328. The van der Waals surface area contributed by atoms with Gasteiger partial charge in [-0.3, -0.25) is 24.9 Å². The van der Waals surface area contributed by atoms with Gasteiger partial charge in [-0.25, -0.2) is 4.79 Å². The Labute approximate surface area is 105 Å². The van der Waals surface area contributed by atoms with Gasteiger partial charge in [0, 0.05) is 20.5 Å². The van der Waals surface area contributed by atoms with Crippen LogP contribution in [0, 0.1) is 10.1 Å². The van der Waals surface area contributed by atoms with Crippen LogP contribution in [-0.2, 0) is 5.54 Å². The van der Waals surface area contributed by atoms with Crippen molar-refractivity contribution in [1.82, 2.24) is 9.97 Å². The highest BCUT2D eigenvalue weighted by Crippen LogP contribution is 2.33. The highest BCUT2D eigenvalue weighted by Gasteiger charge is 2.46. The third-order valence-corrected chi connectivity index (χ3v) is 2.75. The van der Waals surface area contributed by atoms with E-state index >= 15 is 0 Å². The fraction of sp³-hybridized carbons (Fsp3) is 0.600. The molecule has 1 aromatic heterocycles. The Balaban J connectivity index is 3.66. The van der Waals surface area contributed by atoms with Crippen molar-refractivity contribution < 1.29 is 7.66 Å². The fourth-order valence-electron chi connectivity index (χ4n) is 1.89. The van der Waals surface area contributed by atoms with E-state index in [1.54, 1.807) is 0 Å². The summed E-state index contributed by atoms with van der Waals surface area (Å²) >= 11 is 0. The highest BCUT2D eigenvalue weighted by molar-refractivity contribution is 5.41. The van der Waals surface area contributed by atoms with E-state index < -0.39 is 39.5 Å². The van der Waals surface area contributed by atoms with Gasteiger partial charge in [-0.15, -0.1) is 0 Å². The van der Waals surface area contributed by atoms with E-state index in [2.05, 4.69) is 4.98 Å². The minimum Gasteiger partial charge on any atom is -0.385 e. The minimum absolute atomic E-state index is 0.0904. The zero-order valence-corrected chi connectivity index (χ0v) is 9.86. The van der Waals surface area contributed by atoms with Crippen molar-refractivity contribution in [2.75, 3.05) is 5.73 Å². The number of rotatable bonds is 5. The summed E-state index contributed by atoms with van der Waals surface area (Å²) in [7, 11) is 0. The summed E-state index contributed by atoms with van der Waals surface area (Å²) in [6.07, 6.45) is -1.57. The smallest absolute Gasteiger partial charge is 0.327 e. The van der Waals surface area contributed by atoms with Gasteiger partial charge in [-0.2, -0.15) is 0 Å². The maximum Gasteiger partial charge on any atom is 0.327 e. The summed E-state index contributed by atoms with van der Waals surface area (Å²) in [4.78, 5) is 37.7. The summed E-state index contributed by atoms with van der Waals surface area (Å²) in [6, 6.07) is 0. The molecule has 0 aliphatic carbocycles. The van der Waals surface area contributed by atoms with Crippen LogP contribution in [0.15, 0.2) is 9.59 Å². The van der Waals surface area contributed by atoms with Gasteiger partial charge in [0.15, 0.2) is 0 Å². The van der Waals surface area contributed by atoms with Crippen molar-refractivity contribution in [1.29, 1.82) is 0 Å². The summed E-state index contributed by atoms with van der Waals surface area (Å²) in [6.45, 7) is 1.27. The van der Waals surface area contributed by atoms with Crippen LogP contribution in [0.3, 0.4) is 0 Å². The number of H-pyrrole nitrogens is 2. The van der Waals surface area contributed by atoms with Gasteiger partial charge in [-0.1, -0.05) is 13.8 Å². The summed E-state index contributed by atoms with van der Waals surface area (Å²) in [5.74, 6) is -0.417. The molecule has 1 heterocycles. The number of hydrogen-bond acceptors (Lipinski definition) is 5. The molecule has 18 heavy (non-hydrogen) atoms. The average molecular weight is 258 g/mol. The first kappa shape index (κ1) is 11.0. The molecule has 0 aliphatic rings. The molecule has 8 heteroatoms. The van der Waals surface area contributed by atoms with E-state index in [1.165, 1.54) is 6.92 Å². The van der Waals surface area contributed by atoms with Crippen LogP contribution in [0.1, 0.15) is 41.4 Å². The first-order chi connectivity index (χ1) is 9.31. The van der Waals surface area contributed by atoms with Gasteiger partial charge in [0.25, 0.3) is 11.1 Å². The lowest BCUT2D eigenvalue weighted by atomic mass is 9.84. The van der Waals surface area contributed by atoms with Crippen LogP contribution in [0.2, 0.25) is 0 Å².